The van der Waals surface area contributed by atoms with Gasteiger partial charge < -0.3 is 10.5 Å². The van der Waals surface area contributed by atoms with Crippen LogP contribution in [0.2, 0.25) is 5.02 Å². The third-order valence-corrected chi connectivity index (χ3v) is 4.32. The van der Waals surface area contributed by atoms with Crippen LogP contribution in [0.5, 0.6) is 11.5 Å². The molecule has 2 heterocycles. The van der Waals surface area contributed by atoms with Crippen molar-refractivity contribution in [1.82, 2.24) is 9.88 Å². The highest BCUT2D eigenvalue weighted by atomic mass is 35.5. The number of aromatic nitrogens is 1. The van der Waals surface area contributed by atoms with Crippen molar-refractivity contribution < 1.29 is 14.3 Å². The summed E-state index contributed by atoms with van der Waals surface area (Å²) in [5.74, 6) is -0.624. The van der Waals surface area contributed by atoms with Crippen molar-refractivity contribution in [3.05, 3.63) is 81.1 Å². The first kappa shape index (κ1) is 16.9. The van der Waals surface area contributed by atoms with E-state index in [2.05, 4.69) is 5.32 Å². The Morgan fingerprint density at radius 1 is 0.963 bits per heavy atom. The minimum absolute atomic E-state index is 0.0304. The maximum Gasteiger partial charge on any atom is 0.262 e. The summed E-state index contributed by atoms with van der Waals surface area (Å²) in [4.78, 5) is 36.5. The molecule has 1 aliphatic heterocycles. The van der Waals surface area contributed by atoms with Gasteiger partial charge in [-0.2, -0.15) is 0 Å². The Morgan fingerprint density at radius 3 is 2.52 bits per heavy atom. The van der Waals surface area contributed by atoms with Gasteiger partial charge in [0.05, 0.1) is 16.8 Å². The molecule has 8 heteroatoms. The third kappa shape index (κ3) is 2.84. The van der Waals surface area contributed by atoms with Crippen molar-refractivity contribution in [2.24, 2.45) is 0 Å². The number of benzene rings is 2. The van der Waals surface area contributed by atoms with Crippen molar-refractivity contribution >= 4 is 29.2 Å². The van der Waals surface area contributed by atoms with Crippen LogP contribution in [0.1, 0.15) is 20.7 Å². The Bertz CT molecular complexity index is 1170. The number of para-hydroxylation sites is 2. The fourth-order valence-electron chi connectivity index (χ4n) is 2.91. The first-order valence-corrected chi connectivity index (χ1v) is 8.27. The summed E-state index contributed by atoms with van der Waals surface area (Å²) in [7, 11) is 0. The van der Waals surface area contributed by atoms with E-state index >= 15 is 0 Å². The van der Waals surface area contributed by atoms with Crippen molar-refractivity contribution in [2.45, 2.75) is 0 Å². The molecule has 0 radical (unpaired) electrons. The zero-order chi connectivity index (χ0) is 19.1. The second kappa shape index (κ2) is 6.30. The van der Waals surface area contributed by atoms with Gasteiger partial charge in [-0.3, -0.25) is 24.3 Å². The van der Waals surface area contributed by atoms with Crippen LogP contribution in [0.4, 0.5) is 5.82 Å². The van der Waals surface area contributed by atoms with Crippen LogP contribution in [0.25, 0.3) is 5.69 Å². The largest absolute Gasteiger partial charge is 0.455 e. The van der Waals surface area contributed by atoms with E-state index in [9.17, 15) is 14.4 Å². The van der Waals surface area contributed by atoms with Crippen LogP contribution in [0.15, 0.2) is 59.4 Å². The van der Waals surface area contributed by atoms with E-state index in [1.165, 1.54) is 0 Å². The number of imide groups is 1. The van der Waals surface area contributed by atoms with Crippen LogP contribution in [-0.4, -0.2) is 16.4 Å². The zero-order valence-electron chi connectivity index (χ0n) is 13.7. The van der Waals surface area contributed by atoms with Crippen LogP contribution in [-0.2, 0) is 0 Å². The topological polar surface area (TPSA) is 103 Å². The molecular formula is C19H12ClN3O4. The summed E-state index contributed by atoms with van der Waals surface area (Å²) < 4.78 is 6.99. The second-order valence-electron chi connectivity index (χ2n) is 5.80. The minimum Gasteiger partial charge on any atom is -0.455 e. The van der Waals surface area contributed by atoms with Gasteiger partial charge in [-0.15, -0.1) is 0 Å². The zero-order valence-corrected chi connectivity index (χ0v) is 14.5. The molecule has 4 rings (SSSR count). The molecule has 27 heavy (non-hydrogen) atoms. The molecule has 3 aromatic rings. The number of nitrogen functional groups attached to an aromatic ring is 1. The number of ether oxygens (including phenoxy) is 1. The smallest absolute Gasteiger partial charge is 0.262 e. The van der Waals surface area contributed by atoms with E-state index in [0.29, 0.717) is 22.2 Å². The normalized spacial score (nSPS) is 12.6. The molecule has 0 unspecified atom stereocenters. The van der Waals surface area contributed by atoms with Crippen LogP contribution in [0.3, 0.4) is 0 Å². The number of carbonyl (C=O) groups excluding carboxylic acids is 2. The summed E-state index contributed by atoms with van der Waals surface area (Å²) >= 11 is 5.98. The number of amides is 2. The van der Waals surface area contributed by atoms with Crippen molar-refractivity contribution in [3.63, 3.8) is 0 Å². The molecule has 3 N–H and O–H groups in total. The van der Waals surface area contributed by atoms with Gasteiger partial charge >= 0.3 is 0 Å². The van der Waals surface area contributed by atoms with Crippen LogP contribution < -0.4 is 21.3 Å². The van der Waals surface area contributed by atoms with Gasteiger partial charge in [0.1, 0.15) is 11.6 Å². The fraction of sp³-hybridized carbons (Fsp3) is 0. The second-order valence-corrected chi connectivity index (χ2v) is 6.24. The Balaban J connectivity index is 1.89. The predicted octanol–water partition coefficient (Wildman–Crippen LogP) is 2.75. The summed E-state index contributed by atoms with van der Waals surface area (Å²) in [5.41, 5.74) is 5.79. The molecule has 0 saturated carbocycles. The van der Waals surface area contributed by atoms with Crippen molar-refractivity contribution in [2.75, 3.05) is 5.73 Å². The fourth-order valence-corrected chi connectivity index (χ4v) is 3.09. The number of anilines is 1. The molecule has 0 bridgehead atoms. The number of nitrogens with one attached hydrogen (secondary N) is 1. The van der Waals surface area contributed by atoms with Gasteiger partial charge in [-0.05, 0) is 30.3 Å². The van der Waals surface area contributed by atoms with Gasteiger partial charge in [0.25, 0.3) is 17.4 Å². The lowest BCUT2D eigenvalue weighted by Crippen LogP contribution is -2.24. The molecule has 134 valence electrons. The molecule has 2 amide bonds. The third-order valence-electron chi connectivity index (χ3n) is 4.08. The number of fused-ring (bicyclic) bond motifs is 1. The van der Waals surface area contributed by atoms with E-state index in [4.69, 9.17) is 22.1 Å². The average molecular weight is 382 g/mol. The molecule has 1 aliphatic rings. The molecule has 0 aliphatic carbocycles. The predicted molar refractivity (Wildman–Crippen MR) is 99.8 cm³/mol. The summed E-state index contributed by atoms with van der Waals surface area (Å²) in [6.45, 7) is 0. The van der Waals surface area contributed by atoms with Crippen LogP contribution >= 0.6 is 11.6 Å². The molecule has 0 fully saturated rings. The molecule has 0 saturated heterocycles. The number of hydrogen-bond acceptors (Lipinski definition) is 5. The van der Waals surface area contributed by atoms with Gasteiger partial charge in [0.15, 0.2) is 5.75 Å². The Labute approximate surface area is 157 Å². The first-order chi connectivity index (χ1) is 13.0. The monoisotopic (exact) mass is 381 g/mol. The van der Waals surface area contributed by atoms with Gasteiger partial charge in [0, 0.05) is 11.1 Å². The van der Waals surface area contributed by atoms with E-state index in [1.807, 2.05) is 0 Å². The molecule has 1 aromatic heterocycles. The van der Waals surface area contributed by atoms with Crippen molar-refractivity contribution in [1.29, 1.82) is 0 Å². The lowest BCUT2D eigenvalue weighted by Gasteiger charge is -2.16. The highest BCUT2D eigenvalue weighted by Gasteiger charge is 2.32. The lowest BCUT2D eigenvalue weighted by molar-refractivity contribution is 0.0880. The minimum atomic E-state index is -0.644. The van der Waals surface area contributed by atoms with E-state index in [-0.39, 0.29) is 16.9 Å². The quantitative estimate of drug-likeness (QED) is 0.679. The Hall–Kier alpha value is -3.58. The maximum atomic E-state index is 12.6. The SMILES string of the molecule is Nc1c2c(cc(=O)n1-c1ccccc1Oc1cccc(Cl)c1)C(=O)NC2=O. The summed E-state index contributed by atoms with van der Waals surface area (Å²) in [6.07, 6.45) is 0. The Morgan fingerprint density at radius 2 is 1.74 bits per heavy atom. The number of halogens is 1. The highest BCUT2D eigenvalue weighted by molar-refractivity contribution is 6.30. The van der Waals surface area contributed by atoms with E-state index in [1.54, 1.807) is 48.5 Å². The number of nitrogens with two attached hydrogens (primary N) is 1. The standard InChI is InChI=1S/C19H12ClN3O4/c20-10-4-3-5-11(8-10)27-14-7-2-1-6-13(14)23-15(24)9-12-16(17(23)21)19(26)22-18(12)25/h1-9H,21H2,(H,22,25,26). The average Bonchev–Trinajstić information content (AvgIpc) is 2.90. The van der Waals surface area contributed by atoms with Gasteiger partial charge in [-0.1, -0.05) is 29.8 Å². The van der Waals surface area contributed by atoms with Gasteiger partial charge in [-0.25, -0.2) is 0 Å². The van der Waals surface area contributed by atoms with E-state index < -0.39 is 17.4 Å². The van der Waals surface area contributed by atoms with E-state index in [0.717, 1.165) is 10.6 Å². The molecule has 0 atom stereocenters. The molecule has 2 aromatic carbocycles. The maximum absolute atomic E-state index is 12.6. The van der Waals surface area contributed by atoms with Crippen molar-refractivity contribution in [3.8, 4) is 17.2 Å². The molecular weight excluding hydrogens is 370 g/mol. The number of pyridine rings is 1. The number of hydrogen-bond donors (Lipinski definition) is 2. The summed E-state index contributed by atoms with van der Waals surface area (Å²) in [5, 5.41) is 2.63. The van der Waals surface area contributed by atoms with Gasteiger partial charge in [0.2, 0.25) is 0 Å². The Kier molecular flexibility index (Phi) is 3.93. The summed E-state index contributed by atoms with van der Waals surface area (Å²) in [6, 6.07) is 14.6. The number of rotatable bonds is 3. The lowest BCUT2D eigenvalue weighted by atomic mass is 10.1. The number of carbonyl (C=O) groups is 2. The molecule has 0 spiro atoms. The first-order valence-electron chi connectivity index (χ1n) is 7.90. The highest BCUT2D eigenvalue weighted by Crippen LogP contribution is 2.31. The molecule has 7 nitrogen and oxygen atoms in total. The number of nitrogens with zero attached hydrogens (tertiary/aromatic N) is 1. The van der Waals surface area contributed by atoms with Crippen LogP contribution in [0, 0.1) is 0 Å².